The van der Waals surface area contributed by atoms with Gasteiger partial charge in [-0.15, -0.1) is 0 Å². The number of rotatable bonds is 7. The number of benzene rings is 2. The fourth-order valence-electron chi connectivity index (χ4n) is 2.62. The van der Waals surface area contributed by atoms with Gasteiger partial charge in [0.25, 0.3) is 5.91 Å². The van der Waals surface area contributed by atoms with Crippen molar-refractivity contribution in [2.45, 2.75) is 32.9 Å². The molecule has 0 bridgehead atoms. The third-order valence-corrected chi connectivity index (χ3v) is 4.08. The molecule has 3 amide bonds. The summed E-state index contributed by atoms with van der Waals surface area (Å²) in [5.74, 6) is 1.03. The molecule has 0 aliphatic carbocycles. The summed E-state index contributed by atoms with van der Waals surface area (Å²) in [7, 11) is 3.15. The van der Waals surface area contributed by atoms with Crippen molar-refractivity contribution in [3.8, 4) is 11.5 Å². The van der Waals surface area contributed by atoms with Crippen molar-refractivity contribution < 1.29 is 19.1 Å². The Kier molecular flexibility index (Phi) is 7.26. The van der Waals surface area contributed by atoms with Crippen LogP contribution in [0.5, 0.6) is 11.5 Å². The largest absolute Gasteiger partial charge is 0.493 e. The van der Waals surface area contributed by atoms with Crippen LogP contribution in [0.3, 0.4) is 0 Å². The van der Waals surface area contributed by atoms with E-state index in [4.69, 9.17) is 9.47 Å². The molecule has 0 aliphatic rings. The van der Waals surface area contributed by atoms with Crippen molar-refractivity contribution in [3.63, 3.8) is 0 Å². The zero-order valence-electron chi connectivity index (χ0n) is 16.8. The number of nitrogens with one attached hydrogen (secondary N) is 3. The quantitative estimate of drug-likeness (QED) is 0.678. The first-order valence-electron chi connectivity index (χ1n) is 9.04. The van der Waals surface area contributed by atoms with E-state index in [1.165, 1.54) is 0 Å². The fourth-order valence-corrected chi connectivity index (χ4v) is 2.62. The number of ether oxygens (including phenoxy) is 2. The molecule has 3 N–H and O–H groups in total. The minimum absolute atomic E-state index is 0.0446. The third kappa shape index (κ3) is 5.64. The van der Waals surface area contributed by atoms with Gasteiger partial charge in [0, 0.05) is 17.3 Å². The Morgan fingerprint density at radius 1 is 0.857 bits per heavy atom. The first kappa shape index (κ1) is 21.1. The number of methoxy groups -OCH3 is 2. The van der Waals surface area contributed by atoms with Gasteiger partial charge in [0.05, 0.1) is 20.3 Å². The van der Waals surface area contributed by atoms with Crippen LogP contribution >= 0.6 is 0 Å². The third-order valence-electron chi connectivity index (χ3n) is 4.08. The summed E-state index contributed by atoms with van der Waals surface area (Å²) in [6.07, 6.45) is 0. The van der Waals surface area contributed by atoms with Crippen LogP contribution in [-0.4, -0.2) is 32.2 Å². The SMILES string of the molecule is COc1ccc(C(C)NC(=O)c2ccc(NC(=O)NC(C)C)cc2)cc1OC. The van der Waals surface area contributed by atoms with Gasteiger partial charge in [0.1, 0.15) is 0 Å². The van der Waals surface area contributed by atoms with E-state index in [1.54, 1.807) is 44.6 Å². The Hall–Kier alpha value is -3.22. The van der Waals surface area contributed by atoms with E-state index >= 15 is 0 Å². The summed E-state index contributed by atoms with van der Waals surface area (Å²) >= 11 is 0. The maximum absolute atomic E-state index is 12.5. The molecule has 7 heteroatoms. The molecule has 0 aliphatic heterocycles. The topological polar surface area (TPSA) is 88.7 Å². The summed E-state index contributed by atoms with van der Waals surface area (Å²) in [6, 6.07) is 11.8. The van der Waals surface area contributed by atoms with Crippen LogP contribution in [0.2, 0.25) is 0 Å². The van der Waals surface area contributed by atoms with Crippen LogP contribution in [0.25, 0.3) is 0 Å². The average molecular weight is 385 g/mol. The first-order chi connectivity index (χ1) is 13.3. The highest BCUT2D eigenvalue weighted by molar-refractivity contribution is 5.95. The van der Waals surface area contributed by atoms with Crippen molar-refractivity contribution in [1.29, 1.82) is 0 Å². The summed E-state index contributed by atoms with van der Waals surface area (Å²) < 4.78 is 10.5. The van der Waals surface area contributed by atoms with Crippen LogP contribution < -0.4 is 25.4 Å². The zero-order chi connectivity index (χ0) is 20.7. The molecule has 1 unspecified atom stereocenters. The normalized spacial score (nSPS) is 11.5. The molecule has 0 radical (unpaired) electrons. The van der Waals surface area contributed by atoms with Gasteiger partial charge >= 0.3 is 6.03 Å². The molecule has 7 nitrogen and oxygen atoms in total. The second-order valence-corrected chi connectivity index (χ2v) is 6.64. The van der Waals surface area contributed by atoms with Crippen molar-refractivity contribution in [3.05, 3.63) is 53.6 Å². The molecule has 0 saturated carbocycles. The Morgan fingerprint density at radius 3 is 2.07 bits per heavy atom. The molecule has 2 rings (SSSR count). The van der Waals surface area contributed by atoms with Gasteiger partial charge in [0.2, 0.25) is 0 Å². The molecule has 1 atom stereocenters. The summed E-state index contributed by atoms with van der Waals surface area (Å²) in [5.41, 5.74) is 2.01. The lowest BCUT2D eigenvalue weighted by atomic mass is 10.1. The van der Waals surface area contributed by atoms with Gasteiger partial charge < -0.3 is 25.4 Å². The Bertz CT molecular complexity index is 819. The molecule has 2 aromatic rings. The minimum Gasteiger partial charge on any atom is -0.493 e. The van der Waals surface area contributed by atoms with E-state index in [9.17, 15) is 9.59 Å². The molecule has 28 heavy (non-hydrogen) atoms. The van der Waals surface area contributed by atoms with Crippen molar-refractivity contribution in [1.82, 2.24) is 10.6 Å². The number of anilines is 1. The number of urea groups is 1. The minimum atomic E-state index is -0.283. The van der Waals surface area contributed by atoms with Crippen LogP contribution in [0, 0.1) is 0 Å². The highest BCUT2D eigenvalue weighted by Crippen LogP contribution is 2.30. The van der Waals surface area contributed by atoms with E-state index in [1.807, 2.05) is 32.9 Å². The predicted molar refractivity (Wildman–Crippen MR) is 109 cm³/mol. The fraction of sp³-hybridized carbons (Fsp3) is 0.333. The molecular formula is C21H27N3O4. The van der Waals surface area contributed by atoms with Crippen LogP contribution in [-0.2, 0) is 0 Å². The molecule has 0 saturated heterocycles. The monoisotopic (exact) mass is 385 g/mol. The number of hydrogen-bond donors (Lipinski definition) is 3. The van der Waals surface area contributed by atoms with E-state index in [-0.39, 0.29) is 24.0 Å². The second-order valence-electron chi connectivity index (χ2n) is 6.64. The molecule has 150 valence electrons. The number of amides is 3. The smallest absolute Gasteiger partial charge is 0.319 e. The van der Waals surface area contributed by atoms with E-state index in [0.717, 1.165) is 5.56 Å². The molecule has 0 aromatic heterocycles. The van der Waals surface area contributed by atoms with Gasteiger partial charge in [-0.25, -0.2) is 4.79 Å². The van der Waals surface area contributed by atoms with Gasteiger partial charge in [-0.05, 0) is 62.7 Å². The lowest BCUT2D eigenvalue weighted by molar-refractivity contribution is 0.0940. The average Bonchev–Trinajstić information content (AvgIpc) is 2.67. The Labute approximate surface area is 165 Å². The maximum Gasteiger partial charge on any atom is 0.319 e. The van der Waals surface area contributed by atoms with Crippen LogP contribution in [0.15, 0.2) is 42.5 Å². The van der Waals surface area contributed by atoms with Crippen molar-refractivity contribution in [2.75, 3.05) is 19.5 Å². The number of carbonyl (C=O) groups excluding carboxylic acids is 2. The second kappa shape index (κ2) is 9.64. The summed E-state index contributed by atoms with van der Waals surface area (Å²) in [5, 5.41) is 8.42. The van der Waals surface area contributed by atoms with E-state index in [2.05, 4.69) is 16.0 Å². The first-order valence-corrected chi connectivity index (χ1v) is 9.04. The van der Waals surface area contributed by atoms with Crippen LogP contribution in [0.4, 0.5) is 10.5 Å². The summed E-state index contributed by atoms with van der Waals surface area (Å²) in [6.45, 7) is 5.66. The molecular weight excluding hydrogens is 358 g/mol. The predicted octanol–water partition coefficient (Wildman–Crippen LogP) is 3.72. The van der Waals surface area contributed by atoms with E-state index < -0.39 is 0 Å². The molecule has 0 heterocycles. The zero-order valence-corrected chi connectivity index (χ0v) is 16.8. The van der Waals surface area contributed by atoms with Gasteiger partial charge in [-0.1, -0.05) is 6.07 Å². The highest BCUT2D eigenvalue weighted by Gasteiger charge is 2.14. The standard InChI is InChI=1S/C21H27N3O4/c1-13(2)22-21(26)24-17-9-6-15(7-10-17)20(25)23-14(3)16-8-11-18(27-4)19(12-16)28-5/h6-14H,1-5H3,(H,23,25)(H2,22,24,26). The Morgan fingerprint density at radius 2 is 1.50 bits per heavy atom. The summed E-state index contributed by atoms with van der Waals surface area (Å²) in [4.78, 5) is 24.2. The maximum atomic E-state index is 12.5. The number of hydrogen-bond acceptors (Lipinski definition) is 4. The molecule has 0 fully saturated rings. The number of carbonyl (C=O) groups is 2. The lowest BCUT2D eigenvalue weighted by Gasteiger charge is -2.17. The Balaban J connectivity index is 2.01. The van der Waals surface area contributed by atoms with Gasteiger partial charge in [-0.3, -0.25) is 4.79 Å². The lowest BCUT2D eigenvalue weighted by Crippen LogP contribution is -2.34. The highest BCUT2D eigenvalue weighted by atomic mass is 16.5. The van der Waals surface area contributed by atoms with Gasteiger partial charge in [0.15, 0.2) is 11.5 Å². The van der Waals surface area contributed by atoms with Crippen LogP contribution in [0.1, 0.15) is 42.7 Å². The molecule has 0 spiro atoms. The van der Waals surface area contributed by atoms with Crippen molar-refractivity contribution >= 4 is 17.6 Å². The van der Waals surface area contributed by atoms with Gasteiger partial charge in [-0.2, -0.15) is 0 Å². The van der Waals surface area contributed by atoms with E-state index in [0.29, 0.717) is 22.7 Å². The van der Waals surface area contributed by atoms with Crippen molar-refractivity contribution in [2.24, 2.45) is 0 Å². The molecule has 2 aromatic carbocycles.